The number of aromatic nitrogens is 1. The number of hydrogen-bond donors (Lipinski definition) is 1. The quantitative estimate of drug-likeness (QED) is 0.901. The summed E-state index contributed by atoms with van der Waals surface area (Å²) in [6.45, 7) is 0.652. The van der Waals surface area contributed by atoms with Gasteiger partial charge in [0.2, 0.25) is 0 Å². The molecule has 0 aliphatic heterocycles. The molecule has 0 aliphatic rings. The predicted molar refractivity (Wildman–Crippen MR) is 67.7 cm³/mol. The molecule has 2 rings (SSSR count). The smallest absolute Gasteiger partial charge is 0.101 e. The molecule has 3 nitrogen and oxygen atoms in total. The van der Waals surface area contributed by atoms with Crippen molar-refractivity contribution < 1.29 is 0 Å². The number of rotatable bonds is 3. The van der Waals surface area contributed by atoms with Crippen molar-refractivity contribution >= 4 is 17.3 Å². The molecule has 2 aromatic rings. The van der Waals surface area contributed by atoms with Gasteiger partial charge in [0, 0.05) is 24.0 Å². The third-order valence-electron chi connectivity index (χ3n) is 2.33. The minimum Gasteiger partial charge on any atom is -0.380 e. The molecule has 4 heteroatoms. The van der Waals surface area contributed by atoms with Gasteiger partial charge in [-0.05, 0) is 35.9 Å². The number of benzene rings is 1. The van der Waals surface area contributed by atoms with Gasteiger partial charge in [-0.3, -0.25) is 4.98 Å². The van der Waals surface area contributed by atoms with E-state index in [1.54, 1.807) is 24.5 Å². The molecule has 0 unspecified atom stereocenters. The average molecular weight is 244 g/mol. The Kier molecular flexibility index (Phi) is 3.59. The Bertz CT molecular complexity index is 546. The van der Waals surface area contributed by atoms with Gasteiger partial charge in [-0.1, -0.05) is 11.6 Å². The Morgan fingerprint density at radius 3 is 2.71 bits per heavy atom. The number of nitrogens with zero attached hydrogens (tertiary/aromatic N) is 2. The van der Waals surface area contributed by atoms with Crippen LogP contribution in [-0.2, 0) is 6.54 Å². The number of hydrogen-bond acceptors (Lipinski definition) is 3. The van der Waals surface area contributed by atoms with E-state index in [2.05, 4.69) is 16.4 Å². The molecular formula is C13H10ClN3. The fourth-order valence-electron chi connectivity index (χ4n) is 1.46. The van der Waals surface area contributed by atoms with Crippen LogP contribution in [0, 0.1) is 11.3 Å². The maximum absolute atomic E-state index is 8.98. The Labute approximate surface area is 105 Å². The summed E-state index contributed by atoms with van der Waals surface area (Å²) in [4.78, 5) is 3.95. The Hall–Kier alpha value is -2.05. The van der Waals surface area contributed by atoms with Gasteiger partial charge in [0.15, 0.2) is 0 Å². The van der Waals surface area contributed by atoms with E-state index in [-0.39, 0.29) is 0 Å². The first-order chi connectivity index (χ1) is 8.29. The van der Waals surface area contributed by atoms with Crippen molar-refractivity contribution in [3.63, 3.8) is 0 Å². The van der Waals surface area contributed by atoms with Gasteiger partial charge >= 0.3 is 0 Å². The van der Waals surface area contributed by atoms with Crippen LogP contribution in [-0.4, -0.2) is 4.98 Å². The Morgan fingerprint density at radius 1 is 1.24 bits per heavy atom. The fraction of sp³-hybridized carbons (Fsp3) is 0.0769. The van der Waals surface area contributed by atoms with Gasteiger partial charge in [0.25, 0.3) is 0 Å². The van der Waals surface area contributed by atoms with Crippen LogP contribution in [0.1, 0.15) is 11.1 Å². The summed E-state index contributed by atoms with van der Waals surface area (Å²) in [6.07, 6.45) is 3.48. The van der Waals surface area contributed by atoms with Gasteiger partial charge in [-0.15, -0.1) is 0 Å². The molecule has 0 saturated carbocycles. The molecule has 1 aromatic carbocycles. The first-order valence-corrected chi connectivity index (χ1v) is 5.50. The topological polar surface area (TPSA) is 48.7 Å². The van der Waals surface area contributed by atoms with Crippen molar-refractivity contribution in [3.05, 3.63) is 58.9 Å². The monoisotopic (exact) mass is 243 g/mol. The van der Waals surface area contributed by atoms with Crippen molar-refractivity contribution in [1.82, 2.24) is 4.98 Å². The lowest BCUT2D eigenvalue weighted by molar-refractivity contribution is 1.12. The second-order valence-electron chi connectivity index (χ2n) is 3.51. The van der Waals surface area contributed by atoms with Gasteiger partial charge in [-0.25, -0.2) is 0 Å². The van der Waals surface area contributed by atoms with Crippen LogP contribution in [0.3, 0.4) is 0 Å². The molecule has 0 atom stereocenters. The predicted octanol–water partition coefficient (Wildman–Crippen LogP) is 3.22. The maximum atomic E-state index is 8.98. The fourth-order valence-corrected chi connectivity index (χ4v) is 1.63. The normalized spacial score (nSPS) is 9.65. The number of pyridine rings is 1. The van der Waals surface area contributed by atoms with Gasteiger partial charge in [0.05, 0.1) is 11.3 Å². The number of nitriles is 1. The molecule has 0 aliphatic carbocycles. The van der Waals surface area contributed by atoms with Crippen LogP contribution in [0.4, 0.5) is 5.69 Å². The highest BCUT2D eigenvalue weighted by atomic mass is 35.5. The van der Waals surface area contributed by atoms with Crippen LogP contribution >= 0.6 is 11.6 Å². The van der Waals surface area contributed by atoms with Crippen LogP contribution in [0.2, 0.25) is 5.02 Å². The summed E-state index contributed by atoms with van der Waals surface area (Å²) >= 11 is 5.83. The average Bonchev–Trinajstić information content (AvgIpc) is 2.38. The Balaban J connectivity index is 2.12. The van der Waals surface area contributed by atoms with E-state index in [9.17, 15) is 0 Å². The first kappa shape index (κ1) is 11.4. The standard InChI is InChI=1S/C13H10ClN3/c14-12-1-2-13(11(7-12)8-15)17-9-10-3-5-16-6-4-10/h1-7,17H,9H2. The van der Waals surface area contributed by atoms with E-state index < -0.39 is 0 Å². The third kappa shape index (κ3) is 2.96. The summed E-state index contributed by atoms with van der Waals surface area (Å²) in [5, 5.41) is 12.7. The lowest BCUT2D eigenvalue weighted by atomic mass is 10.2. The van der Waals surface area contributed by atoms with Gasteiger partial charge in [0.1, 0.15) is 6.07 Å². The zero-order valence-electron chi connectivity index (χ0n) is 9.02. The van der Waals surface area contributed by atoms with Crippen LogP contribution in [0.25, 0.3) is 0 Å². The molecule has 0 bridgehead atoms. The zero-order chi connectivity index (χ0) is 12.1. The zero-order valence-corrected chi connectivity index (χ0v) is 9.78. The summed E-state index contributed by atoms with van der Waals surface area (Å²) in [6, 6.07) is 11.2. The molecule has 1 N–H and O–H groups in total. The summed E-state index contributed by atoms with van der Waals surface area (Å²) in [5.41, 5.74) is 2.44. The second kappa shape index (κ2) is 5.33. The molecular weight excluding hydrogens is 234 g/mol. The van der Waals surface area contributed by atoms with E-state index in [1.807, 2.05) is 18.2 Å². The van der Waals surface area contributed by atoms with Crippen LogP contribution in [0.15, 0.2) is 42.7 Å². The highest BCUT2D eigenvalue weighted by Crippen LogP contribution is 2.20. The summed E-state index contributed by atoms with van der Waals surface area (Å²) < 4.78 is 0. The molecule has 0 spiro atoms. The SMILES string of the molecule is N#Cc1cc(Cl)ccc1NCc1ccncc1. The van der Waals surface area contributed by atoms with E-state index in [1.165, 1.54) is 0 Å². The van der Waals surface area contributed by atoms with Crippen molar-refractivity contribution in [2.24, 2.45) is 0 Å². The van der Waals surface area contributed by atoms with Gasteiger partial charge in [-0.2, -0.15) is 5.26 Å². The lowest BCUT2D eigenvalue weighted by Gasteiger charge is -2.08. The number of halogens is 1. The van der Waals surface area contributed by atoms with Crippen LogP contribution < -0.4 is 5.32 Å². The summed E-state index contributed by atoms with van der Waals surface area (Å²) in [5.74, 6) is 0. The molecule has 0 saturated heterocycles. The molecule has 17 heavy (non-hydrogen) atoms. The van der Waals surface area contributed by atoms with Crippen molar-refractivity contribution in [3.8, 4) is 6.07 Å². The molecule has 0 fully saturated rings. The van der Waals surface area contributed by atoms with Crippen molar-refractivity contribution in [2.75, 3.05) is 5.32 Å². The Morgan fingerprint density at radius 2 is 2.00 bits per heavy atom. The summed E-state index contributed by atoms with van der Waals surface area (Å²) in [7, 11) is 0. The molecule has 84 valence electrons. The third-order valence-corrected chi connectivity index (χ3v) is 2.57. The second-order valence-corrected chi connectivity index (χ2v) is 3.95. The highest BCUT2D eigenvalue weighted by Gasteiger charge is 2.02. The van der Waals surface area contributed by atoms with Gasteiger partial charge < -0.3 is 5.32 Å². The molecule has 0 amide bonds. The number of nitrogens with one attached hydrogen (secondary N) is 1. The first-order valence-electron chi connectivity index (χ1n) is 5.12. The lowest BCUT2D eigenvalue weighted by Crippen LogP contribution is -2.01. The minimum absolute atomic E-state index is 0.548. The largest absolute Gasteiger partial charge is 0.380 e. The molecule has 1 aromatic heterocycles. The van der Waals surface area contributed by atoms with E-state index >= 15 is 0 Å². The minimum atomic E-state index is 0.548. The highest BCUT2D eigenvalue weighted by molar-refractivity contribution is 6.30. The van der Waals surface area contributed by atoms with Crippen LogP contribution in [0.5, 0.6) is 0 Å². The van der Waals surface area contributed by atoms with E-state index in [0.29, 0.717) is 17.1 Å². The maximum Gasteiger partial charge on any atom is 0.101 e. The van der Waals surface area contributed by atoms with Crippen molar-refractivity contribution in [1.29, 1.82) is 5.26 Å². The van der Waals surface area contributed by atoms with Crippen molar-refractivity contribution in [2.45, 2.75) is 6.54 Å². The molecule has 1 heterocycles. The molecule has 0 radical (unpaired) electrons. The van der Waals surface area contributed by atoms with E-state index in [0.717, 1.165) is 11.3 Å². The van der Waals surface area contributed by atoms with E-state index in [4.69, 9.17) is 16.9 Å². The number of anilines is 1.